The maximum atomic E-state index is 13.7. The Labute approximate surface area is 242 Å². The molecule has 1 aliphatic rings. The summed E-state index contributed by atoms with van der Waals surface area (Å²) in [6.07, 6.45) is 5.27. The van der Waals surface area contributed by atoms with Crippen LogP contribution in [0.1, 0.15) is 35.7 Å². The van der Waals surface area contributed by atoms with E-state index in [9.17, 15) is 14.0 Å². The number of pyridine rings is 1. The Bertz CT molecular complexity index is 1740. The van der Waals surface area contributed by atoms with Crippen molar-refractivity contribution in [2.45, 2.75) is 26.3 Å². The lowest BCUT2D eigenvalue weighted by Crippen LogP contribution is -2.21. The van der Waals surface area contributed by atoms with Gasteiger partial charge in [0, 0.05) is 47.4 Å². The minimum absolute atomic E-state index is 0.0183. The Balaban J connectivity index is 1.43. The van der Waals surface area contributed by atoms with Crippen LogP contribution in [-0.4, -0.2) is 17.1 Å². The van der Waals surface area contributed by atoms with Crippen LogP contribution in [0.25, 0.3) is 10.9 Å². The standard InChI is InChI=1S/C33H28ClFN2O4/c1-3-40-33(39)30-20-37(19-22-4-6-23(34)7-5-22)31-18-26(11-15-29(31)32(30)38)36-25-9-13-27(14-10-25)41-28-12-8-24(35)16-21(2)17-28/h4-15,18,20,36H,2-3,16-17,19H2,1H3. The third-order valence-corrected chi connectivity index (χ3v) is 6.78. The number of carbonyl (C=O) groups is 1. The molecule has 0 amide bonds. The highest BCUT2D eigenvalue weighted by Crippen LogP contribution is 2.28. The molecule has 4 aromatic rings. The van der Waals surface area contributed by atoms with Crippen LogP contribution in [0.5, 0.6) is 5.75 Å². The first-order valence-corrected chi connectivity index (χ1v) is 13.5. The number of carbonyl (C=O) groups excluding carboxylic acids is 1. The zero-order valence-corrected chi connectivity index (χ0v) is 23.2. The van der Waals surface area contributed by atoms with Gasteiger partial charge in [-0.25, -0.2) is 9.18 Å². The number of ether oxygens (including phenoxy) is 2. The molecule has 0 saturated carbocycles. The maximum Gasteiger partial charge on any atom is 0.343 e. The molecule has 5 rings (SSSR count). The van der Waals surface area contributed by atoms with E-state index in [-0.39, 0.29) is 29.8 Å². The predicted octanol–water partition coefficient (Wildman–Crippen LogP) is 8.09. The monoisotopic (exact) mass is 570 g/mol. The molecule has 0 unspecified atom stereocenters. The zero-order chi connectivity index (χ0) is 28.9. The molecule has 1 aromatic heterocycles. The summed E-state index contributed by atoms with van der Waals surface area (Å²) in [6, 6.07) is 20.1. The van der Waals surface area contributed by atoms with E-state index in [1.165, 1.54) is 6.08 Å². The van der Waals surface area contributed by atoms with Gasteiger partial charge in [-0.3, -0.25) is 4.79 Å². The Morgan fingerprint density at radius 3 is 2.49 bits per heavy atom. The molecule has 0 saturated heterocycles. The molecule has 208 valence electrons. The van der Waals surface area contributed by atoms with Crippen LogP contribution in [0.4, 0.5) is 15.8 Å². The fourth-order valence-electron chi connectivity index (χ4n) is 4.58. The second-order valence-electron chi connectivity index (χ2n) is 9.68. The Morgan fingerprint density at radius 2 is 1.76 bits per heavy atom. The summed E-state index contributed by atoms with van der Waals surface area (Å²) < 4.78 is 26.6. The molecule has 8 heteroatoms. The van der Waals surface area contributed by atoms with Gasteiger partial charge >= 0.3 is 5.97 Å². The third-order valence-electron chi connectivity index (χ3n) is 6.53. The molecular formula is C33H28ClFN2O4. The van der Waals surface area contributed by atoms with Gasteiger partial charge in [0.1, 0.15) is 22.9 Å². The molecule has 0 atom stereocenters. The van der Waals surface area contributed by atoms with E-state index in [4.69, 9.17) is 21.1 Å². The third kappa shape index (κ3) is 6.76. The fourth-order valence-corrected chi connectivity index (χ4v) is 4.71. The number of anilines is 2. The number of fused-ring (bicyclic) bond motifs is 1. The van der Waals surface area contributed by atoms with Crippen molar-refractivity contribution in [1.82, 2.24) is 4.57 Å². The molecule has 0 fully saturated rings. The van der Waals surface area contributed by atoms with E-state index in [0.29, 0.717) is 40.4 Å². The predicted molar refractivity (Wildman–Crippen MR) is 161 cm³/mol. The highest BCUT2D eigenvalue weighted by atomic mass is 35.5. The van der Waals surface area contributed by atoms with Gasteiger partial charge in [-0.05, 0) is 79.2 Å². The Kier molecular flexibility index (Phi) is 8.36. The number of benzene rings is 3. The number of esters is 1. The van der Waals surface area contributed by atoms with Crippen molar-refractivity contribution in [2.24, 2.45) is 0 Å². The maximum absolute atomic E-state index is 13.7. The Morgan fingerprint density at radius 1 is 1.02 bits per heavy atom. The number of halogens is 2. The minimum atomic E-state index is -0.654. The van der Waals surface area contributed by atoms with Crippen LogP contribution in [0.15, 0.2) is 114 Å². The van der Waals surface area contributed by atoms with Crippen molar-refractivity contribution in [1.29, 1.82) is 0 Å². The average Bonchev–Trinajstić information content (AvgIpc) is 3.11. The summed E-state index contributed by atoms with van der Waals surface area (Å²) in [5, 5.41) is 4.38. The second-order valence-corrected chi connectivity index (χ2v) is 10.1. The van der Waals surface area contributed by atoms with E-state index in [1.807, 2.05) is 47.0 Å². The van der Waals surface area contributed by atoms with Crippen molar-refractivity contribution in [3.05, 3.63) is 135 Å². The summed E-state index contributed by atoms with van der Waals surface area (Å²) >= 11 is 6.06. The number of rotatable bonds is 8. The van der Waals surface area contributed by atoms with E-state index in [0.717, 1.165) is 22.5 Å². The minimum Gasteiger partial charge on any atom is -0.462 e. The molecule has 0 aliphatic heterocycles. The first kappa shape index (κ1) is 27.9. The number of hydrogen-bond donors (Lipinski definition) is 1. The quantitative estimate of drug-likeness (QED) is 0.171. The second kappa shape index (κ2) is 12.3. The highest BCUT2D eigenvalue weighted by molar-refractivity contribution is 6.30. The van der Waals surface area contributed by atoms with E-state index in [1.54, 1.807) is 43.5 Å². The zero-order valence-electron chi connectivity index (χ0n) is 22.5. The van der Waals surface area contributed by atoms with Crippen LogP contribution < -0.4 is 15.5 Å². The summed E-state index contributed by atoms with van der Waals surface area (Å²) in [5.41, 5.74) is 3.51. The topological polar surface area (TPSA) is 69.6 Å². The van der Waals surface area contributed by atoms with Crippen molar-refractivity contribution < 1.29 is 18.7 Å². The van der Waals surface area contributed by atoms with Crippen LogP contribution in [0, 0.1) is 0 Å². The lowest BCUT2D eigenvalue weighted by Gasteiger charge is -2.15. The van der Waals surface area contributed by atoms with Gasteiger partial charge in [0.15, 0.2) is 0 Å². The van der Waals surface area contributed by atoms with Crippen LogP contribution in [0.3, 0.4) is 0 Å². The van der Waals surface area contributed by atoms with Gasteiger partial charge in [-0.2, -0.15) is 0 Å². The molecule has 0 bridgehead atoms. The molecule has 1 aliphatic carbocycles. The van der Waals surface area contributed by atoms with Gasteiger partial charge in [0.2, 0.25) is 5.43 Å². The molecule has 1 N–H and O–H groups in total. The van der Waals surface area contributed by atoms with Gasteiger partial charge in [0.05, 0.1) is 12.1 Å². The average molecular weight is 571 g/mol. The summed E-state index contributed by atoms with van der Waals surface area (Å²) in [4.78, 5) is 25.8. The number of allylic oxidation sites excluding steroid dienone is 4. The van der Waals surface area contributed by atoms with Crippen molar-refractivity contribution >= 4 is 39.8 Å². The number of nitrogens with one attached hydrogen (secondary N) is 1. The molecular weight excluding hydrogens is 543 g/mol. The number of nitrogens with zero attached hydrogens (tertiary/aromatic N) is 1. The van der Waals surface area contributed by atoms with Gasteiger partial charge in [-0.1, -0.05) is 35.9 Å². The van der Waals surface area contributed by atoms with Crippen molar-refractivity contribution in [2.75, 3.05) is 11.9 Å². The van der Waals surface area contributed by atoms with Gasteiger partial charge in [-0.15, -0.1) is 0 Å². The van der Waals surface area contributed by atoms with Crippen LogP contribution >= 0.6 is 11.6 Å². The summed E-state index contributed by atoms with van der Waals surface area (Å²) in [7, 11) is 0. The first-order chi connectivity index (χ1) is 19.8. The van der Waals surface area contributed by atoms with E-state index in [2.05, 4.69) is 11.9 Å². The number of hydrogen-bond acceptors (Lipinski definition) is 5. The normalized spacial score (nSPS) is 13.3. The van der Waals surface area contributed by atoms with Gasteiger partial charge < -0.3 is 19.4 Å². The molecule has 0 radical (unpaired) electrons. The molecule has 6 nitrogen and oxygen atoms in total. The first-order valence-electron chi connectivity index (χ1n) is 13.1. The highest BCUT2D eigenvalue weighted by Gasteiger charge is 2.17. The molecule has 41 heavy (non-hydrogen) atoms. The number of aromatic nitrogens is 1. The van der Waals surface area contributed by atoms with E-state index >= 15 is 0 Å². The van der Waals surface area contributed by atoms with Gasteiger partial charge in [0.25, 0.3) is 0 Å². The molecule has 3 aromatic carbocycles. The lowest BCUT2D eigenvalue weighted by molar-refractivity contribution is 0.0524. The van der Waals surface area contributed by atoms with E-state index < -0.39 is 5.97 Å². The van der Waals surface area contributed by atoms with Crippen molar-refractivity contribution in [3.8, 4) is 5.75 Å². The SMILES string of the molecule is C=C1CC(F)=CC=C(Oc2ccc(Nc3ccc4c(=O)c(C(=O)OCC)cn(Cc5ccc(Cl)cc5)c4c3)cc2)C1. The van der Waals surface area contributed by atoms with Crippen LogP contribution in [0.2, 0.25) is 5.02 Å². The Hall–Kier alpha value is -4.62. The largest absolute Gasteiger partial charge is 0.462 e. The van der Waals surface area contributed by atoms with Crippen molar-refractivity contribution in [3.63, 3.8) is 0 Å². The fraction of sp³-hybridized carbons (Fsp3) is 0.152. The van der Waals surface area contributed by atoms with Crippen LogP contribution in [-0.2, 0) is 11.3 Å². The lowest BCUT2D eigenvalue weighted by atomic mass is 10.1. The molecule has 0 spiro atoms. The summed E-state index contributed by atoms with van der Waals surface area (Å²) in [5.74, 6) is 0.351. The summed E-state index contributed by atoms with van der Waals surface area (Å²) in [6.45, 7) is 6.18. The smallest absolute Gasteiger partial charge is 0.343 e. The molecule has 1 heterocycles.